The number of hydrogen-bond acceptors (Lipinski definition) is 1. The highest BCUT2D eigenvalue weighted by Crippen LogP contribution is 2.25. The Hall–Kier alpha value is -2.32. The standard InChI is InChI=1S/C22H22ClNO/c1-17(25)7-12-21-13-14-22(19-8-10-20(23)11-9-19)24(21)16-15-18-5-3-2-4-6-18/h2-6,8-11,13-14H,7,12,15-16H2,1H3. The van der Waals surface area contributed by atoms with Gasteiger partial charge in [0, 0.05) is 29.4 Å². The summed E-state index contributed by atoms with van der Waals surface area (Å²) in [5, 5.41) is 0.739. The number of carbonyl (C=O) groups is 1. The second kappa shape index (κ2) is 8.17. The summed E-state index contributed by atoms with van der Waals surface area (Å²) < 4.78 is 2.33. The largest absolute Gasteiger partial charge is 0.344 e. The summed E-state index contributed by atoms with van der Waals surface area (Å²) in [6, 6.07) is 22.7. The van der Waals surface area contributed by atoms with Gasteiger partial charge in [0.05, 0.1) is 0 Å². The first-order valence-corrected chi connectivity index (χ1v) is 8.99. The van der Waals surface area contributed by atoms with E-state index in [9.17, 15) is 4.79 Å². The first-order chi connectivity index (χ1) is 12.1. The first-order valence-electron chi connectivity index (χ1n) is 8.61. The fraction of sp³-hybridized carbons (Fsp3) is 0.227. The molecule has 0 bridgehead atoms. The van der Waals surface area contributed by atoms with Crippen molar-refractivity contribution in [3.05, 3.63) is 83.0 Å². The maximum atomic E-state index is 11.4. The zero-order chi connectivity index (χ0) is 17.6. The predicted molar refractivity (Wildman–Crippen MR) is 104 cm³/mol. The summed E-state index contributed by atoms with van der Waals surface area (Å²) >= 11 is 6.03. The molecule has 1 aromatic heterocycles. The highest BCUT2D eigenvalue weighted by atomic mass is 35.5. The van der Waals surface area contributed by atoms with Crippen LogP contribution in [0.2, 0.25) is 5.02 Å². The fourth-order valence-corrected chi connectivity index (χ4v) is 3.18. The average molecular weight is 352 g/mol. The quantitative estimate of drug-likeness (QED) is 0.545. The van der Waals surface area contributed by atoms with Gasteiger partial charge in [-0.05, 0) is 55.2 Å². The van der Waals surface area contributed by atoms with Crippen molar-refractivity contribution in [2.24, 2.45) is 0 Å². The first kappa shape index (κ1) is 17.5. The highest BCUT2D eigenvalue weighted by Gasteiger charge is 2.11. The van der Waals surface area contributed by atoms with Crippen molar-refractivity contribution in [1.82, 2.24) is 4.57 Å². The van der Waals surface area contributed by atoms with Crippen LogP contribution in [0.3, 0.4) is 0 Å². The van der Waals surface area contributed by atoms with Gasteiger partial charge in [-0.3, -0.25) is 0 Å². The predicted octanol–water partition coefficient (Wildman–Crippen LogP) is 5.57. The van der Waals surface area contributed by atoms with Gasteiger partial charge in [-0.1, -0.05) is 54.1 Å². The minimum Gasteiger partial charge on any atom is -0.344 e. The maximum absolute atomic E-state index is 11.4. The number of nitrogens with zero attached hydrogens (tertiary/aromatic N) is 1. The van der Waals surface area contributed by atoms with Crippen LogP contribution in [0.1, 0.15) is 24.6 Å². The summed E-state index contributed by atoms with van der Waals surface area (Å²) in [7, 11) is 0. The summed E-state index contributed by atoms with van der Waals surface area (Å²) in [6.07, 6.45) is 2.32. The van der Waals surface area contributed by atoms with Crippen molar-refractivity contribution in [3.8, 4) is 11.3 Å². The number of rotatable bonds is 7. The topological polar surface area (TPSA) is 22.0 Å². The van der Waals surface area contributed by atoms with Gasteiger partial charge in [0.15, 0.2) is 0 Å². The lowest BCUT2D eigenvalue weighted by Crippen LogP contribution is -2.08. The van der Waals surface area contributed by atoms with Gasteiger partial charge in [-0.25, -0.2) is 0 Å². The van der Waals surface area contributed by atoms with Crippen molar-refractivity contribution in [1.29, 1.82) is 0 Å². The molecular formula is C22H22ClNO. The summed E-state index contributed by atoms with van der Waals surface area (Å²) in [6.45, 7) is 2.54. The average Bonchev–Trinajstić information content (AvgIpc) is 3.02. The lowest BCUT2D eigenvalue weighted by Gasteiger charge is -2.14. The van der Waals surface area contributed by atoms with Crippen LogP contribution in [0.5, 0.6) is 0 Å². The molecule has 0 spiro atoms. The summed E-state index contributed by atoms with van der Waals surface area (Å²) in [5.74, 6) is 0.226. The number of ketones is 1. The molecule has 0 N–H and O–H groups in total. The van der Waals surface area contributed by atoms with E-state index in [2.05, 4.69) is 41.0 Å². The monoisotopic (exact) mass is 351 g/mol. The molecule has 2 nitrogen and oxygen atoms in total. The molecule has 0 amide bonds. The molecule has 3 rings (SSSR count). The number of hydrogen-bond donors (Lipinski definition) is 0. The van der Waals surface area contributed by atoms with Crippen LogP contribution in [-0.2, 0) is 24.2 Å². The lowest BCUT2D eigenvalue weighted by molar-refractivity contribution is -0.117. The summed E-state index contributed by atoms with van der Waals surface area (Å²) in [5.41, 5.74) is 4.84. The van der Waals surface area contributed by atoms with Gasteiger partial charge in [-0.2, -0.15) is 0 Å². The molecule has 0 aliphatic rings. The summed E-state index contributed by atoms with van der Waals surface area (Å²) in [4.78, 5) is 11.4. The highest BCUT2D eigenvalue weighted by molar-refractivity contribution is 6.30. The van der Waals surface area contributed by atoms with Gasteiger partial charge in [0.25, 0.3) is 0 Å². The van der Waals surface area contributed by atoms with Gasteiger partial charge in [0.1, 0.15) is 5.78 Å². The van der Waals surface area contributed by atoms with Crippen molar-refractivity contribution in [3.63, 3.8) is 0 Å². The van der Waals surface area contributed by atoms with E-state index in [1.807, 2.05) is 30.3 Å². The van der Waals surface area contributed by atoms with Crippen molar-refractivity contribution in [2.45, 2.75) is 32.7 Å². The van der Waals surface area contributed by atoms with E-state index in [0.717, 1.165) is 30.0 Å². The molecule has 0 atom stereocenters. The fourth-order valence-electron chi connectivity index (χ4n) is 3.05. The van der Waals surface area contributed by atoms with Crippen LogP contribution in [0.4, 0.5) is 0 Å². The Labute approximate surface area is 154 Å². The zero-order valence-corrected chi connectivity index (χ0v) is 15.2. The molecule has 0 radical (unpaired) electrons. The Morgan fingerprint density at radius 2 is 1.64 bits per heavy atom. The van der Waals surface area contributed by atoms with E-state index in [4.69, 9.17) is 11.6 Å². The molecule has 2 aromatic carbocycles. The molecule has 0 saturated heterocycles. The van der Waals surface area contributed by atoms with Gasteiger partial charge < -0.3 is 9.36 Å². The Morgan fingerprint density at radius 3 is 2.32 bits per heavy atom. The normalized spacial score (nSPS) is 10.8. The van der Waals surface area contributed by atoms with Gasteiger partial charge >= 0.3 is 0 Å². The molecule has 0 unspecified atom stereocenters. The number of aromatic nitrogens is 1. The zero-order valence-electron chi connectivity index (χ0n) is 14.4. The third-order valence-electron chi connectivity index (χ3n) is 4.41. The second-order valence-corrected chi connectivity index (χ2v) is 6.74. The Kier molecular flexibility index (Phi) is 5.72. The minimum absolute atomic E-state index is 0.226. The molecule has 3 aromatic rings. The van der Waals surface area contributed by atoms with Crippen LogP contribution in [0.25, 0.3) is 11.3 Å². The lowest BCUT2D eigenvalue weighted by atomic mass is 10.1. The van der Waals surface area contributed by atoms with Crippen LogP contribution in [0.15, 0.2) is 66.7 Å². The molecule has 0 aliphatic carbocycles. The number of benzene rings is 2. The van der Waals surface area contributed by atoms with E-state index in [0.29, 0.717) is 6.42 Å². The molecule has 25 heavy (non-hydrogen) atoms. The number of aryl methyl sites for hydroxylation is 2. The molecule has 0 fully saturated rings. The van der Waals surface area contributed by atoms with Crippen LogP contribution in [-0.4, -0.2) is 10.4 Å². The van der Waals surface area contributed by atoms with E-state index < -0.39 is 0 Å². The van der Waals surface area contributed by atoms with Crippen molar-refractivity contribution < 1.29 is 4.79 Å². The van der Waals surface area contributed by atoms with Gasteiger partial charge in [0.2, 0.25) is 0 Å². The minimum atomic E-state index is 0.226. The maximum Gasteiger partial charge on any atom is 0.130 e. The molecule has 128 valence electrons. The SMILES string of the molecule is CC(=O)CCc1ccc(-c2ccc(Cl)cc2)n1CCc1ccccc1. The van der Waals surface area contributed by atoms with E-state index in [-0.39, 0.29) is 5.78 Å². The molecule has 3 heteroatoms. The number of halogens is 1. The Bertz CT molecular complexity index is 834. The van der Waals surface area contributed by atoms with Crippen LogP contribution < -0.4 is 0 Å². The molecule has 1 heterocycles. The van der Waals surface area contributed by atoms with Crippen LogP contribution >= 0.6 is 11.6 Å². The smallest absolute Gasteiger partial charge is 0.130 e. The number of Topliss-reactive ketones (excluding diaryl/α,β-unsaturated/α-hetero) is 1. The number of carbonyl (C=O) groups excluding carboxylic acids is 1. The van der Waals surface area contributed by atoms with E-state index >= 15 is 0 Å². The molecular weight excluding hydrogens is 330 g/mol. The third-order valence-corrected chi connectivity index (χ3v) is 4.66. The van der Waals surface area contributed by atoms with Crippen molar-refractivity contribution in [2.75, 3.05) is 0 Å². The van der Waals surface area contributed by atoms with E-state index in [1.54, 1.807) is 6.92 Å². The van der Waals surface area contributed by atoms with Crippen LogP contribution in [0, 0.1) is 0 Å². The Balaban J connectivity index is 1.88. The second-order valence-electron chi connectivity index (χ2n) is 6.31. The molecule has 0 saturated carbocycles. The van der Waals surface area contributed by atoms with Gasteiger partial charge in [-0.15, -0.1) is 0 Å². The van der Waals surface area contributed by atoms with Crippen molar-refractivity contribution >= 4 is 17.4 Å². The van der Waals surface area contributed by atoms with E-state index in [1.165, 1.54) is 17.0 Å². The Morgan fingerprint density at radius 1 is 0.920 bits per heavy atom. The third kappa shape index (κ3) is 4.61. The molecule has 0 aliphatic heterocycles.